The summed E-state index contributed by atoms with van der Waals surface area (Å²) in [5.41, 5.74) is 12.3. The highest BCUT2D eigenvalue weighted by Gasteiger charge is 2.50. The van der Waals surface area contributed by atoms with Gasteiger partial charge in [0.15, 0.2) is 0 Å². The molecule has 0 saturated heterocycles. The highest BCUT2D eigenvalue weighted by atomic mass is 14.5. The van der Waals surface area contributed by atoms with Crippen LogP contribution in [0.15, 0.2) is 53.2 Å². The summed E-state index contributed by atoms with van der Waals surface area (Å²) in [6, 6.07) is 4.80. The van der Waals surface area contributed by atoms with Crippen molar-refractivity contribution in [2.45, 2.75) is 78.6 Å². The number of fused-ring (bicyclic) bond motifs is 5. The number of hydrogen-bond donors (Lipinski definition) is 1. The van der Waals surface area contributed by atoms with E-state index < -0.39 is 0 Å². The lowest BCUT2D eigenvalue weighted by Crippen LogP contribution is -2.19. The molecule has 2 unspecified atom stereocenters. The summed E-state index contributed by atoms with van der Waals surface area (Å²) < 4.78 is 0. The summed E-state index contributed by atoms with van der Waals surface area (Å²) in [6.45, 7) is 15.7. The largest absolute Gasteiger partial charge is 0.300 e. The van der Waals surface area contributed by atoms with E-state index in [1.54, 1.807) is 11.1 Å². The Morgan fingerprint density at radius 3 is 2.38 bits per heavy atom. The van der Waals surface area contributed by atoms with Crippen molar-refractivity contribution >= 4 is 11.3 Å². The summed E-state index contributed by atoms with van der Waals surface area (Å²) in [5, 5.41) is 8.82. The monoisotopic (exact) mass is 385 g/mol. The molecule has 4 aliphatic carbocycles. The molecule has 1 heteroatoms. The topological polar surface area (TPSA) is 23.9 Å². The molecule has 29 heavy (non-hydrogen) atoms. The molecule has 4 aliphatic rings. The molecule has 0 radical (unpaired) electrons. The molecule has 1 fully saturated rings. The van der Waals surface area contributed by atoms with Gasteiger partial charge in [0.05, 0.1) is 5.71 Å². The molecule has 152 valence electrons. The van der Waals surface area contributed by atoms with Crippen LogP contribution in [0.25, 0.3) is 5.57 Å². The maximum atomic E-state index is 8.82. The van der Waals surface area contributed by atoms with Crippen LogP contribution in [-0.4, -0.2) is 5.71 Å². The van der Waals surface area contributed by atoms with Gasteiger partial charge in [0, 0.05) is 16.4 Å². The lowest BCUT2D eigenvalue weighted by Gasteiger charge is -2.27. The molecule has 1 aromatic carbocycles. The summed E-state index contributed by atoms with van der Waals surface area (Å²) in [5.74, 6) is 0.412. The van der Waals surface area contributed by atoms with Crippen LogP contribution in [0.4, 0.5) is 0 Å². The van der Waals surface area contributed by atoms with Gasteiger partial charge in [-0.2, -0.15) is 0 Å². The first-order valence-electron chi connectivity index (χ1n) is 11.3. The predicted molar refractivity (Wildman–Crippen MR) is 126 cm³/mol. The molecule has 2 atom stereocenters. The molecule has 1 saturated carbocycles. The van der Waals surface area contributed by atoms with Gasteiger partial charge in [-0.15, -0.1) is 0 Å². The van der Waals surface area contributed by atoms with E-state index in [1.807, 2.05) is 19.9 Å². The standard InChI is InChI=1S/C26H29N.C2H6/c1-15-10-11-24(27)19-13-21-18(12-22(19)26(5)14-23(26)16(15)2)17-8-6-7-9-20(17)25(21,3)4;1-2/h6,8,10-13,15,27H,7,9,14H2,1-5H3;1-2H3/b11-10-,23-16?,27-24?;. The first kappa shape index (κ1) is 20.1. The van der Waals surface area contributed by atoms with Gasteiger partial charge in [0.25, 0.3) is 0 Å². The van der Waals surface area contributed by atoms with Crippen molar-refractivity contribution in [3.8, 4) is 0 Å². The van der Waals surface area contributed by atoms with E-state index in [2.05, 4.69) is 65.0 Å². The summed E-state index contributed by atoms with van der Waals surface area (Å²) in [4.78, 5) is 0. The Labute approximate surface area is 176 Å². The van der Waals surface area contributed by atoms with E-state index in [1.165, 1.54) is 27.8 Å². The second-order valence-electron chi connectivity index (χ2n) is 9.63. The second kappa shape index (κ2) is 6.69. The zero-order valence-corrected chi connectivity index (χ0v) is 19.2. The highest BCUT2D eigenvalue weighted by Crippen LogP contribution is 2.59. The van der Waals surface area contributed by atoms with Gasteiger partial charge in [-0.05, 0) is 72.6 Å². The van der Waals surface area contributed by atoms with Crippen LogP contribution < -0.4 is 0 Å². The smallest absolute Gasteiger partial charge is 0.0612 e. The number of allylic oxidation sites excluding steroid dienone is 8. The maximum absolute atomic E-state index is 8.82. The Kier molecular flexibility index (Phi) is 4.64. The molecular weight excluding hydrogens is 350 g/mol. The first-order chi connectivity index (χ1) is 13.7. The predicted octanol–water partition coefficient (Wildman–Crippen LogP) is 7.66. The van der Waals surface area contributed by atoms with Crippen molar-refractivity contribution in [2.24, 2.45) is 5.92 Å². The van der Waals surface area contributed by atoms with Gasteiger partial charge in [-0.3, -0.25) is 0 Å². The van der Waals surface area contributed by atoms with Crippen molar-refractivity contribution < 1.29 is 0 Å². The fourth-order valence-corrected chi connectivity index (χ4v) is 5.64. The molecule has 1 N–H and O–H groups in total. The number of rotatable bonds is 0. The Morgan fingerprint density at radius 2 is 1.66 bits per heavy atom. The Bertz CT molecular complexity index is 1020. The van der Waals surface area contributed by atoms with Crippen molar-refractivity contribution in [2.75, 3.05) is 0 Å². The van der Waals surface area contributed by atoms with Gasteiger partial charge >= 0.3 is 0 Å². The molecular formula is C28H35N. The second-order valence-corrected chi connectivity index (χ2v) is 9.63. The molecule has 0 heterocycles. The average Bonchev–Trinajstić information content (AvgIpc) is 3.37. The number of benzene rings is 1. The van der Waals surface area contributed by atoms with Crippen molar-refractivity contribution in [1.82, 2.24) is 0 Å². The van der Waals surface area contributed by atoms with Crippen LogP contribution >= 0.6 is 0 Å². The average molecular weight is 386 g/mol. The summed E-state index contributed by atoms with van der Waals surface area (Å²) >= 11 is 0. The third kappa shape index (κ3) is 2.77. The fourth-order valence-electron chi connectivity index (χ4n) is 5.64. The van der Waals surface area contributed by atoms with Crippen LogP contribution in [0.3, 0.4) is 0 Å². The van der Waals surface area contributed by atoms with Crippen LogP contribution in [0.2, 0.25) is 0 Å². The minimum absolute atomic E-state index is 0.0687. The minimum Gasteiger partial charge on any atom is -0.300 e. The van der Waals surface area contributed by atoms with Crippen LogP contribution in [0.5, 0.6) is 0 Å². The van der Waals surface area contributed by atoms with E-state index in [9.17, 15) is 0 Å². The molecule has 5 rings (SSSR count). The number of nitrogens with one attached hydrogen (secondary N) is 1. The summed E-state index contributed by atoms with van der Waals surface area (Å²) in [7, 11) is 0. The Balaban J connectivity index is 0.000000994. The maximum Gasteiger partial charge on any atom is 0.0612 e. The van der Waals surface area contributed by atoms with Gasteiger partial charge in [0.2, 0.25) is 0 Å². The Morgan fingerprint density at radius 1 is 0.966 bits per heavy atom. The van der Waals surface area contributed by atoms with E-state index in [0.717, 1.165) is 24.8 Å². The van der Waals surface area contributed by atoms with E-state index in [0.29, 0.717) is 11.6 Å². The molecule has 0 aromatic heterocycles. The van der Waals surface area contributed by atoms with Crippen LogP contribution in [0.1, 0.15) is 90.0 Å². The van der Waals surface area contributed by atoms with Gasteiger partial charge < -0.3 is 5.41 Å². The summed E-state index contributed by atoms with van der Waals surface area (Å²) in [6.07, 6.45) is 12.4. The van der Waals surface area contributed by atoms with Crippen molar-refractivity contribution in [3.63, 3.8) is 0 Å². The molecule has 0 amide bonds. The zero-order valence-electron chi connectivity index (χ0n) is 19.2. The molecule has 1 aromatic rings. The fraction of sp³-hybridized carbons (Fsp3) is 0.464. The van der Waals surface area contributed by atoms with E-state index in [4.69, 9.17) is 5.41 Å². The Hall–Kier alpha value is -2.15. The van der Waals surface area contributed by atoms with Crippen molar-refractivity contribution in [3.05, 3.63) is 75.4 Å². The third-order valence-electron chi connectivity index (χ3n) is 7.71. The SMILES string of the molecule is CC.CC1=C2CC2(C)c2cc3c(cc2C(=N)/C=C\C1C)C(C)(C)C1=C3C=CCC1. The number of hydrogen-bond acceptors (Lipinski definition) is 1. The molecule has 0 spiro atoms. The van der Waals surface area contributed by atoms with Crippen LogP contribution in [0, 0.1) is 11.3 Å². The van der Waals surface area contributed by atoms with Gasteiger partial charge in [-0.1, -0.05) is 76.5 Å². The van der Waals surface area contributed by atoms with Gasteiger partial charge in [0.1, 0.15) is 0 Å². The lowest BCUT2D eigenvalue weighted by molar-refractivity contribution is 0.606. The molecule has 1 nitrogen and oxygen atoms in total. The zero-order chi connectivity index (χ0) is 21.1. The van der Waals surface area contributed by atoms with E-state index >= 15 is 0 Å². The highest BCUT2D eigenvalue weighted by molar-refractivity contribution is 6.09. The minimum atomic E-state index is 0.0687. The first-order valence-corrected chi connectivity index (χ1v) is 11.3. The quantitative estimate of drug-likeness (QED) is 0.443. The molecule has 0 aliphatic heterocycles. The lowest BCUT2D eigenvalue weighted by atomic mass is 9.77. The molecule has 0 bridgehead atoms. The van der Waals surface area contributed by atoms with Gasteiger partial charge in [-0.25, -0.2) is 0 Å². The normalized spacial score (nSPS) is 29.5. The van der Waals surface area contributed by atoms with Crippen LogP contribution in [-0.2, 0) is 10.8 Å². The third-order valence-corrected chi connectivity index (χ3v) is 7.71. The van der Waals surface area contributed by atoms with E-state index in [-0.39, 0.29) is 10.8 Å². The van der Waals surface area contributed by atoms with Crippen molar-refractivity contribution in [1.29, 1.82) is 5.41 Å².